The van der Waals surface area contributed by atoms with Crippen molar-refractivity contribution in [3.05, 3.63) is 19.4 Å². The molecule has 1 heterocycles. The van der Waals surface area contributed by atoms with E-state index in [0.29, 0.717) is 0 Å². The van der Waals surface area contributed by atoms with Gasteiger partial charge in [0.25, 0.3) is 0 Å². The van der Waals surface area contributed by atoms with Gasteiger partial charge in [0, 0.05) is 4.47 Å². The first-order valence-electron chi connectivity index (χ1n) is 3.11. The molecule has 0 aliphatic carbocycles. The van der Waals surface area contributed by atoms with Crippen LogP contribution in [0.1, 0.15) is 11.3 Å². The Morgan fingerprint density at radius 3 is 2.55 bits per heavy atom. The molecule has 2 nitrogen and oxygen atoms in total. The van der Waals surface area contributed by atoms with E-state index in [1.807, 2.05) is 13.8 Å². The molecule has 0 radical (unpaired) electrons. The van der Waals surface area contributed by atoms with Gasteiger partial charge in [0.2, 0.25) is 0 Å². The van der Waals surface area contributed by atoms with Crippen LogP contribution in [0.3, 0.4) is 0 Å². The molecule has 0 unspecified atom stereocenters. The van der Waals surface area contributed by atoms with E-state index in [4.69, 9.17) is 5.73 Å². The Hall–Kier alpha value is 0.160. The van der Waals surface area contributed by atoms with Crippen molar-refractivity contribution in [3.8, 4) is 0 Å². The third kappa shape index (κ3) is 1.66. The molecule has 0 spiro atoms. The highest BCUT2D eigenvalue weighted by atomic mass is 127. The van der Waals surface area contributed by atoms with Crippen LogP contribution in [-0.4, -0.2) is 4.98 Å². The summed E-state index contributed by atoms with van der Waals surface area (Å²) in [4.78, 5) is 4.25. The van der Waals surface area contributed by atoms with E-state index < -0.39 is 0 Å². The van der Waals surface area contributed by atoms with Gasteiger partial charge in [-0.1, -0.05) is 0 Å². The maximum absolute atomic E-state index is 5.75. The molecule has 0 saturated heterocycles. The smallest absolute Gasteiger partial charge is 0.124 e. The van der Waals surface area contributed by atoms with Crippen molar-refractivity contribution < 1.29 is 0 Å². The molecule has 0 aliphatic heterocycles. The molecule has 1 rings (SSSR count). The normalized spacial score (nSPS) is 10.2. The van der Waals surface area contributed by atoms with E-state index in [1.165, 1.54) is 0 Å². The zero-order valence-electron chi connectivity index (χ0n) is 6.28. The number of nitrogens with zero attached hydrogens (tertiary/aromatic N) is 1. The zero-order valence-corrected chi connectivity index (χ0v) is 10.0. The van der Waals surface area contributed by atoms with Gasteiger partial charge in [-0.05, 0) is 57.9 Å². The second-order valence-electron chi connectivity index (χ2n) is 2.34. The second-order valence-corrected chi connectivity index (χ2v) is 4.16. The lowest BCUT2D eigenvalue weighted by atomic mass is 10.2. The maximum atomic E-state index is 5.75. The Kier molecular flexibility index (Phi) is 2.74. The summed E-state index contributed by atoms with van der Waals surface area (Å²) in [5.74, 6) is 0. The molecule has 1 aromatic rings. The molecule has 0 fully saturated rings. The predicted octanol–water partition coefficient (Wildman–Crippen LogP) is 2.65. The Labute approximate surface area is 87.9 Å². The molecule has 4 heteroatoms. The molecule has 0 saturated carbocycles. The summed E-state index contributed by atoms with van der Waals surface area (Å²) in [7, 11) is 0. The fourth-order valence-corrected chi connectivity index (χ4v) is 1.87. The average molecular weight is 327 g/mol. The van der Waals surface area contributed by atoms with E-state index in [1.54, 1.807) is 0 Å². The van der Waals surface area contributed by atoms with Gasteiger partial charge in [-0.15, -0.1) is 0 Å². The molecule has 0 atom stereocenters. The number of hydrogen-bond donors (Lipinski definition) is 1. The van der Waals surface area contributed by atoms with Crippen LogP contribution < -0.4 is 5.73 Å². The van der Waals surface area contributed by atoms with E-state index in [0.717, 1.165) is 25.1 Å². The van der Waals surface area contributed by atoms with Crippen LogP contribution in [0.2, 0.25) is 0 Å². The number of halogens is 2. The lowest BCUT2D eigenvalue weighted by Gasteiger charge is -2.06. The molecule has 11 heavy (non-hydrogen) atoms. The van der Waals surface area contributed by atoms with Gasteiger partial charge in [0.05, 0.1) is 11.4 Å². The molecular weight excluding hydrogens is 319 g/mol. The van der Waals surface area contributed by atoms with E-state index in [-0.39, 0.29) is 0 Å². The minimum atomic E-state index is 0.767. The van der Waals surface area contributed by atoms with Gasteiger partial charge in [0.1, 0.15) is 3.70 Å². The lowest BCUT2D eigenvalue weighted by molar-refractivity contribution is 1.13. The summed E-state index contributed by atoms with van der Waals surface area (Å²) >= 11 is 5.55. The average Bonchev–Trinajstić information content (AvgIpc) is 1.97. The monoisotopic (exact) mass is 326 g/mol. The predicted molar refractivity (Wildman–Crippen MR) is 58.5 cm³/mol. The van der Waals surface area contributed by atoms with Gasteiger partial charge in [-0.25, -0.2) is 4.98 Å². The van der Waals surface area contributed by atoms with Gasteiger partial charge in [0.15, 0.2) is 0 Å². The highest BCUT2D eigenvalue weighted by Crippen LogP contribution is 2.27. The van der Waals surface area contributed by atoms with Gasteiger partial charge in [-0.3, -0.25) is 0 Å². The number of hydrogen-bond acceptors (Lipinski definition) is 2. The third-order valence-corrected chi connectivity index (χ3v) is 3.53. The quantitative estimate of drug-likeness (QED) is 0.588. The Balaban J connectivity index is 3.46. The SMILES string of the molecule is Cc1nc(I)c(N)c(C)c1Br. The van der Waals surface area contributed by atoms with Crippen LogP contribution in [0.5, 0.6) is 0 Å². The topological polar surface area (TPSA) is 38.9 Å². The molecule has 1 aromatic heterocycles. The Morgan fingerprint density at radius 2 is 2.00 bits per heavy atom. The number of anilines is 1. The van der Waals surface area contributed by atoms with Gasteiger partial charge >= 0.3 is 0 Å². The molecule has 0 bridgehead atoms. The van der Waals surface area contributed by atoms with E-state index >= 15 is 0 Å². The van der Waals surface area contributed by atoms with Crippen molar-refractivity contribution in [1.82, 2.24) is 4.98 Å². The van der Waals surface area contributed by atoms with Gasteiger partial charge < -0.3 is 5.73 Å². The highest BCUT2D eigenvalue weighted by molar-refractivity contribution is 14.1. The fraction of sp³-hybridized carbons (Fsp3) is 0.286. The third-order valence-electron chi connectivity index (χ3n) is 1.54. The number of pyridine rings is 1. The molecule has 0 aliphatic rings. The molecule has 60 valence electrons. The maximum Gasteiger partial charge on any atom is 0.124 e. The lowest BCUT2D eigenvalue weighted by Crippen LogP contribution is -1.99. The zero-order chi connectivity index (χ0) is 8.59. The molecule has 0 aromatic carbocycles. The number of nitrogen functional groups attached to an aromatic ring is 1. The van der Waals surface area contributed by atoms with Crippen molar-refractivity contribution in [2.75, 3.05) is 5.73 Å². The first kappa shape index (κ1) is 9.25. The van der Waals surface area contributed by atoms with Crippen molar-refractivity contribution in [1.29, 1.82) is 0 Å². The Morgan fingerprint density at radius 1 is 1.45 bits per heavy atom. The van der Waals surface area contributed by atoms with Crippen LogP contribution in [0.4, 0.5) is 5.69 Å². The second kappa shape index (κ2) is 3.26. The van der Waals surface area contributed by atoms with Crippen molar-refractivity contribution in [2.45, 2.75) is 13.8 Å². The number of rotatable bonds is 0. The molecular formula is C7H8BrIN2. The first-order chi connectivity index (χ1) is 5.04. The van der Waals surface area contributed by atoms with E-state index in [2.05, 4.69) is 43.5 Å². The van der Waals surface area contributed by atoms with Crippen molar-refractivity contribution in [2.24, 2.45) is 0 Å². The summed E-state index contributed by atoms with van der Waals surface area (Å²) in [6.07, 6.45) is 0. The van der Waals surface area contributed by atoms with Crippen LogP contribution in [0, 0.1) is 17.5 Å². The first-order valence-corrected chi connectivity index (χ1v) is 4.99. The number of aryl methyl sites for hydroxylation is 1. The number of aromatic nitrogens is 1. The van der Waals surface area contributed by atoms with Crippen LogP contribution >= 0.6 is 38.5 Å². The molecule has 2 N–H and O–H groups in total. The summed E-state index contributed by atoms with van der Waals surface area (Å²) < 4.78 is 1.89. The highest BCUT2D eigenvalue weighted by Gasteiger charge is 2.07. The largest absolute Gasteiger partial charge is 0.396 e. The van der Waals surface area contributed by atoms with Crippen LogP contribution in [-0.2, 0) is 0 Å². The van der Waals surface area contributed by atoms with Gasteiger partial charge in [-0.2, -0.15) is 0 Å². The molecule has 0 amide bonds. The standard InChI is InChI=1S/C7H8BrIN2/c1-3-5(8)4(2)11-7(9)6(3)10/h10H2,1-2H3. The number of nitrogens with two attached hydrogens (primary N) is 1. The summed E-state index contributed by atoms with van der Waals surface area (Å²) in [5, 5.41) is 0. The minimum Gasteiger partial charge on any atom is -0.396 e. The van der Waals surface area contributed by atoms with Crippen molar-refractivity contribution >= 4 is 44.2 Å². The Bertz CT molecular complexity index is 273. The van der Waals surface area contributed by atoms with Crippen LogP contribution in [0.25, 0.3) is 0 Å². The summed E-state index contributed by atoms with van der Waals surface area (Å²) in [5.41, 5.74) is 8.58. The van der Waals surface area contributed by atoms with Crippen molar-refractivity contribution in [3.63, 3.8) is 0 Å². The summed E-state index contributed by atoms with van der Waals surface area (Å²) in [6, 6.07) is 0. The minimum absolute atomic E-state index is 0.767. The summed E-state index contributed by atoms with van der Waals surface area (Å²) in [6.45, 7) is 3.94. The van der Waals surface area contributed by atoms with E-state index in [9.17, 15) is 0 Å². The fourth-order valence-electron chi connectivity index (χ4n) is 0.801. The van der Waals surface area contributed by atoms with Crippen LogP contribution in [0.15, 0.2) is 4.47 Å².